The smallest absolute Gasteiger partial charge is 0.435 e. The van der Waals surface area contributed by atoms with Gasteiger partial charge in [0.15, 0.2) is 11.5 Å². The first-order chi connectivity index (χ1) is 17.0. The summed E-state index contributed by atoms with van der Waals surface area (Å²) in [4.78, 5) is 21.6. The van der Waals surface area contributed by atoms with Gasteiger partial charge in [0.25, 0.3) is 5.88 Å². The highest BCUT2D eigenvalue weighted by atomic mass is 19.4. The van der Waals surface area contributed by atoms with Gasteiger partial charge in [0, 0.05) is 24.6 Å². The summed E-state index contributed by atoms with van der Waals surface area (Å²) in [5.41, 5.74) is -1.07. The standard InChI is InChI=1S/C24H27F3N4O5/c1-12(2)19(17-10-18(35-4)30-36-17)23(33)31-11-14(32)9-16(31)22-28-20(21(29-22)24(25,26)27)13-5-7-15(34-3)8-6-13/h5-8,10,12,14,16,19,32H,9,11H2,1-4H3,(H,28,29)/t14-,16+,19?/m1/s1. The summed E-state index contributed by atoms with van der Waals surface area (Å²) in [5, 5.41) is 14.2. The van der Waals surface area contributed by atoms with Crippen molar-refractivity contribution in [2.75, 3.05) is 20.8 Å². The fourth-order valence-electron chi connectivity index (χ4n) is 4.47. The van der Waals surface area contributed by atoms with Gasteiger partial charge in [0.05, 0.1) is 32.1 Å². The minimum atomic E-state index is -4.74. The number of β-amino-alcohol motifs (C(OH)–C–C–N with tert-alkyl or cyclic N) is 1. The molecule has 4 rings (SSSR count). The number of hydrogen-bond acceptors (Lipinski definition) is 7. The summed E-state index contributed by atoms with van der Waals surface area (Å²) in [5.74, 6) is -0.533. The maximum absolute atomic E-state index is 13.9. The molecule has 1 aliphatic heterocycles. The molecule has 0 saturated carbocycles. The summed E-state index contributed by atoms with van der Waals surface area (Å²) < 4.78 is 57.2. The van der Waals surface area contributed by atoms with E-state index in [1.54, 1.807) is 12.1 Å². The molecule has 1 aromatic carbocycles. The lowest BCUT2D eigenvalue weighted by molar-refractivity contribution is -0.140. The number of aliphatic hydroxyl groups is 1. The number of alkyl halides is 3. The van der Waals surface area contributed by atoms with Gasteiger partial charge in [0.1, 0.15) is 17.5 Å². The summed E-state index contributed by atoms with van der Waals surface area (Å²) in [7, 11) is 2.87. The maximum Gasteiger partial charge on any atom is 0.435 e. The number of amides is 1. The van der Waals surface area contributed by atoms with E-state index in [1.165, 1.54) is 37.3 Å². The third kappa shape index (κ3) is 4.90. The fourth-order valence-corrected chi connectivity index (χ4v) is 4.47. The summed E-state index contributed by atoms with van der Waals surface area (Å²) in [6.45, 7) is 3.57. The van der Waals surface area contributed by atoms with E-state index in [-0.39, 0.29) is 47.6 Å². The summed E-state index contributed by atoms with van der Waals surface area (Å²) in [6.07, 6.45) is -5.64. The minimum absolute atomic E-state index is 0.0309. The minimum Gasteiger partial charge on any atom is -0.497 e. The van der Waals surface area contributed by atoms with E-state index in [1.807, 2.05) is 13.8 Å². The zero-order valence-electron chi connectivity index (χ0n) is 20.2. The van der Waals surface area contributed by atoms with Crippen molar-refractivity contribution in [3.8, 4) is 22.9 Å². The molecule has 1 amide bonds. The number of benzene rings is 1. The number of imidazole rings is 1. The SMILES string of the molecule is COc1ccc(-c2[nH]c([C@@H]3C[C@@H](O)CN3C(=O)C(c3cc(OC)no3)C(C)C)nc2C(F)(F)F)cc1. The Morgan fingerprint density at radius 1 is 1.22 bits per heavy atom. The molecule has 1 saturated heterocycles. The molecule has 1 aliphatic rings. The lowest BCUT2D eigenvalue weighted by Crippen LogP contribution is -2.37. The average Bonchev–Trinajstić information content (AvgIpc) is 3.56. The molecular formula is C24H27F3N4O5. The number of nitrogens with one attached hydrogen (secondary N) is 1. The Kier molecular flexibility index (Phi) is 6.98. The number of carbonyl (C=O) groups excluding carboxylic acids is 1. The molecule has 0 bridgehead atoms. The molecule has 2 aromatic heterocycles. The quantitative estimate of drug-likeness (QED) is 0.492. The van der Waals surface area contributed by atoms with Crippen LogP contribution in [0.4, 0.5) is 13.2 Å². The molecule has 1 fully saturated rings. The normalized spacial score (nSPS) is 19.1. The molecule has 12 heteroatoms. The van der Waals surface area contributed by atoms with Gasteiger partial charge in [-0.15, -0.1) is 0 Å². The Balaban J connectivity index is 1.72. The van der Waals surface area contributed by atoms with Crippen LogP contribution in [0, 0.1) is 5.92 Å². The van der Waals surface area contributed by atoms with Gasteiger partial charge in [-0.05, 0) is 35.3 Å². The third-order valence-electron chi connectivity index (χ3n) is 6.20. The van der Waals surface area contributed by atoms with Crippen LogP contribution in [0.2, 0.25) is 0 Å². The number of carbonyl (C=O) groups is 1. The van der Waals surface area contributed by atoms with Crippen molar-refractivity contribution < 1.29 is 37.1 Å². The Morgan fingerprint density at radius 2 is 1.92 bits per heavy atom. The maximum atomic E-state index is 13.9. The Labute approximate surface area is 205 Å². The first-order valence-electron chi connectivity index (χ1n) is 11.3. The van der Waals surface area contributed by atoms with Crippen LogP contribution >= 0.6 is 0 Å². The van der Waals surface area contributed by atoms with Crippen molar-refractivity contribution in [3.63, 3.8) is 0 Å². The summed E-state index contributed by atoms with van der Waals surface area (Å²) in [6, 6.07) is 6.68. The van der Waals surface area contributed by atoms with Crippen LogP contribution in [0.1, 0.15) is 49.5 Å². The summed E-state index contributed by atoms with van der Waals surface area (Å²) >= 11 is 0. The molecule has 0 aliphatic carbocycles. The second-order valence-electron chi connectivity index (χ2n) is 8.96. The average molecular weight is 508 g/mol. The molecule has 0 spiro atoms. The predicted octanol–water partition coefficient (Wildman–Crippen LogP) is 4.17. The lowest BCUT2D eigenvalue weighted by Gasteiger charge is -2.28. The van der Waals surface area contributed by atoms with Gasteiger partial charge in [-0.25, -0.2) is 4.98 Å². The Bertz CT molecular complexity index is 1210. The molecular weight excluding hydrogens is 481 g/mol. The third-order valence-corrected chi connectivity index (χ3v) is 6.20. The van der Waals surface area contributed by atoms with Crippen LogP contribution < -0.4 is 9.47 Å². The van der Waals surface area contributed by atoms with Gasteiger partial charge >= 0.3 is 6.18 Å². The van der Waals surface area contributed by atoms with Gasteiger partial charge in [-0.1, -0.05) is 13.8 Å². The van der Waals surface area contributed by atoms with Crippen LogP contribution in [-0.2, 0) is 11.0 Å². The van der Waals surface area contributed by atoms with Crippen LogP contribution in [0.5, 0.6) is 11.6 Å². The van der Waals surface area contributed by atoms with Crippen molar-refractivity contribution in [2.45, 2.75) is 44.5 Å². The van der Waals surface area contributed by atoms with Gasteiger partial charge in [0.2, 0.25) is 5.91 Å². The van der Waals surface area contributed by atoms with Crippen LogP contribution in [-0.4, -0.2) is 57.9 Å². The highest BCUT2D eigenvalue weighted by Crippen LogP contribution is 2.41. The zero-order valence-corrected chi connectivity index (χ0v) is 20.2. The number of likely N-dealkylation sites (tertiary alicyclic amines) is 1. The topological polar surface area (TPSA) is 114 Å². The number of ether oxygens (including phenoxy) is 2. The number of H-pyrrole nitrogens is 1. The van der Waals surface area contributed by atoms with Crippen LogP contribution in [0.25, 0.3) is 11.3 Å². The van der Waals surface area contributed by atoms with Crippen molar-refractivity contribution in [3.05, 3.63) is 47.6 Å². The fraction of sp³-hybridized carbons (Fsp3) is 0.458. The second-order valence-corrected chi connectivity index (χ2v) is 8.96. The number of rotatable bonds is 7. The molecule has 3 aromatic rings. The number of aliphatic hydroxyl groups excluding tert-OH is 1. The molecule has 3 atom stereocenters. The van der Waals surface area contributed by atoms with E-state index in [0.29, 0.717) is 5.75 Å². The number of methoxy groups -OCH3 is 2. The van der Waals surface area contributed by atoms with Gasteiger partial charge < -0.3 is 29.0 Å². The van der Waals surface area contributed by atoms with E-state index in [9.17, 15) is 23.1 Å². The van der Waals surface area contributed by atoms with Crippen molar-refractivity contribution in [1.82, 2.24) is 20.0 Å². The molecule has 3 heterocycles. The predicted molar refractivity (Wildman–Crippen MR) is 121 cm³/mol. The van der Waals surface area contributed by atoms with Crippen LogP contribution in [0.3, 0.4) is 0 Å². The molecule has 0 radical (unpaired) electrons. The first kappa shape index (κ1) is 25.5. The number of aromatic amines is 1. The largest absolute Gasteiger partial charge is 0.497 e. The lowest BCUT2D eigenvalue weighted by atomic mass is 9.91. The van der Waals surface area contributed by atoms with Crippen molar-refractivity contribution in [2.24, 2.45) is 5.92 Å². The number of halogens is 3. The molecule has 1 unspecified atom stereocenters. The number of hydrogen-bond donors (Lipinski definition) is 2. The molecule has 9 nitrogen and oxygen atoms in total. The van der Waals surface area contributed by atoms with E-state index in [0.717, 1.165) is 0 Å². The van der Waals surface area contributed by atoms with Gasteiger partial charge in [-0.3, -0.25) is 4.79 Å². The van der Waals surface area contributed by atoms with E-state index >= 15 is 0 Å². The zero-order chi connectivity index (χ0) is 26.2. The van der Waals surface area contributed by atoms with Crippen molar-refractivity contribution >= 4 is 5.91 Å². The molecule has 36 heavy (non-hydrogen) atoms. The second kappa shape index (κ2) is 9.84. The van der Waals surface area contributed by atoms with E-state index in [2.05, 4.69) is 15.1 Å². The monoisotopic (exact) mass is 508 g/mol. The molecule has 194 valence electrons. The Hall–Kier alpha value is -3.54. The van der Waals surface area contributed by atoms with Crippen molar-refractivity contribution in [1.29, 1.82) is 0 Å². The van der Waals surface area contributed by atoms with E-state index < -0.39 is 35.8 Å². The van der Waals surface area contributed by atoms with E-state index in [4.69, 9.17) is 14.0 Å². The van der Waals surface area contributed by atoms with Gasteiger partial charge in [-0.2, -0.15) is 13.2 Å². The first-order valence-corrected chi connectivity index (χ1v) is 11.3. The highest BCUT2D eigenvalue weighted by molar-refractivity contribution is 5.84. The molecule has 2 N–H and O–H groups in total. The number of aromatic nitrogens is 3. The van der Waals surface area contributed by atoms with Crippen LogP contribution in [0.15, 0.2) is 34.9 Å². The Morgan fingerprint density at radius 3 is 2.47 bits per heavy atom. The number of nitrogens with zero attached hydrogens (tertiary/aromatic N) is 3. The highest BCUT2D eigenvalue weighted by Gasteiger charge is 2.44.